The lowest BCUT2D eigenvalue weighted by atomic mass is 10.2. The zero-order valence-electron chi connectivity index (χ0n) is 8.10. The Balaban J connectivity index is 2.08. The Morgan fingerprint density at radius 1 is 1.42 bits per heavy atom. The molecule has 0 unspecified atom stereocenters. The Bertz CT molecular complexity index is 137. The molecule has 0 amide bonds. The Morgan fingerprint density at radius 2 is 2.08 bits per heavy atom. The zero-order chi connectivity index (χ0) is 8.81. The van der Waals surface area contributed by atoms with Crippen molar-refractivity contribution in [2.45, 2.75) is 19.3 Å². The highest BCUT2D eigenvalue weighted by atomic mass is 15.1. The maximum atomic E-state index is 4.07. The topological polar surface area (TPSA) is 15.3 Å². The summed E-state index contributed by atoms with van der Waals surface area (Å²) in [6, 6.07) is 0. The average molecular weight is 168 g/mol. The van der Waals surface area contributed by atoms with Gasteiger partial charge in [0.15, 0.2) is 0 Å². The van der Waals surface area contributed by atoms with E-state index in [4.69, 9.17) is 0 Å². The number of nitrogens with zero attached hydrogens (tertiary/aromatic N) is 1. The fourth-order valence-electron chi connectivity index (χ4n) is 1.64. The summed E-state index contributed by atoms with van der Waals surface area (Å²) in [5.74, 6) is 0. The van der Waals surface area contributed by atoms with E-state index in [-0.39, 0.29) is 0 Å². The second-order valence-electron chi connectivity index (χ2n) is 3.59. The Labute approximate surface area is 75.6 Å². The van der Waals surface area contributed by atoms with E-state index < -0.39 is 0 Å². The highest BCUT2D eigenvalue weighted by molar-refractivity contribution is 4.98. The molecule has 0 spiro atoms. The number of hydrogen-bond acceptors (Lipinski definition) is 2. The summed E-state index contributed by atoms with van der Waals surface area (Å²) in [4.78, 5) is 2.50. The van der Waals surface area contributed by atoms with E-state index in [0.717, 1.165) is 19.5 Å². The quantitative estimate of drug-likeness (QED) is 0.621. The van der Waals surface area contributed by atoms with E-state index in [9.17, 15) is 0 Å². The van der Waals surface area contributed by atoms with Crippen LogP contribution in [0.5, 0.6) is 0 Å². The molecule has 1 heterocycles. The molecule has 0 aromatic carbocycles. The maximum absolute atomic E-state index is 4.07. The zero-order valence-corrected chi connectivity index (χ0v) is 8.10. The van der Waals surface area contributed by atoms with Gasteiger partial charge in [0.2, 0.25) is 0 Å². The molecule has 1 aliphatic heterocycles. The van der Waals surface area contributed by atoms with Crippen molar-refractivity contribution in [3.05, 3.63) is 12.2 Å². The van der Waals surface area contributed by atoms with Gasteiger partial charge in [0.25, 0.3) is 0 Å². The minimum atomic E-state index is 1.06. The summed E-state index contributed by atoms with van der Waals surface area (Å²) in [6.45, 7) is 8.80. The van der Waals surface area contributed by atoms with Crippen LogP contribution in [0.2, 0.25) is 0 Å². The third-order valence-electron chi connectivity index (χ3n) is 2.37. The van der Waals surface area contributed by atoms with Crippen LogP contribution in [-0.4, -0.2) is 38.1 Å². The smallest absolute Gasteiger partial charge is 0.0190 e. The summed E-state index contributed by atoms with van der Waals surface area (Å²) in [5.41, 5.74) is 1.37. The SMILES string of the molecule is C=C(CCNC)CN1CCCC1. The molecule has 0 atom stereocenters. The second kappa shape index (κ2) is 5.33. The molecule has 1 N–H and O–H groups in total. The first-order valence-electron chi connectivity index (χ1n) is 4.86. The van der Waals surface area contributed by atoms with E-state index in [1.165, 1.54) is 31.5 Å². The molecule has 0 saturated carbocycles. The van der Waals surface area contributed by atoms with Crippen LogP contribution in [-0.2, 0) is 0 Å². The molecule has 0 bridgehead atoms. The fraction of sp³-hybridized carbons (Fsp3) is 0.800. The van der Waals surface area contributed by atoms with E-state index in [1.807, 2.05) is 7.05 Å². The lowest BCUT2D eigenvalue weighted by molar-refractivity contribution is 0.365. The van der Waals surface area contributed by atoms with Crippen LogP contribution in [0, 0.1) is 0 Å². The number of hydrogen-bond donors (Lipinski definition) is 1. The Kier molecular flexibility index (Phi) is 4.33. The van der Waals surface area contributed by atoms with Crippen LogP contribution >= 0.6 is 0 Å². The highest BCUT2D eigenvalue weighted by Crippen LogP contribution is 2.10. The number of rotatable bonds is 5. The summed E-state index contributed by atoms with van der Waals surface area (Å²) in [5, 5.41) is 3.14. The third kappa shape index (κ3) is 3.37. The molecule has 0 aromatic rings. The van der Waals surface area contributed by atoms with E-state index >= 15 is 0 Å². The van der Waals surface area contributed by atoms with Gasteiger partial charge in [-0.25, -0.2) is 0 Å². The first-order valence-corrected chi connectivity index (χ1v) is 4.86. The predicted molar refractivity (Wildman–Crippen MR) is 53.4 cm³/mol. The molecule has 1 aliphatic rings. The lowest BCUT2D eigenvalue weighted by Gasteiger charge is -2.15. The minimum Gasteiger partial charge on any atom is -0.319 e. The summed E-state index contributed by atoms with van der Waals surface area (Å²) < 4.78 is 0. The third-order valence-corrected chi connectivity index (χ3v) is 2.37. The van der Waals surface area contributed by atoms with Crippen LogP contribution in [0.3, 0.4) is 0 Å². The van der Waals surface area contributed by atoms with E-state index in [2.05, 4.69) is 16.8 Å². The predicted octanol–water partition coefficient (Wildman–Crippen LogP) is 1.25. The van der Waals surface area contributed by atoms with Crippen molar-refractivity contribution in [2.24, 2.45) is 0 Å². The number of nitrogens with one attached hydrogen (secondary N) is 1. The van der Waals surface area contributed by atoms with Gasteiger partial charge in [-0.15, -0.1) is 0 Å². The van der Waals surface area contributed by atoms with Crippen molar-refractivity contribution in [3.63, 3.8) is 0 Å². The molecule has 2 heteroatoms. The molecule has 0 aliphatic carbocycles. The van der Waals surface area contributed by atoms with Gasteiger partial charge >= 0.3 is 0 Å². The Hall–Kier alpha value is -0.340. The van der Waals surface area contributed by atoms with Gasteiger partial charge in [-0.2, -0.15) is 0 Å². The van der Waals surface area contributed by atoms with Crippen molar-refractivity contribution >= 4 is 0 Å². The Morgan fingerprint density at radius 3 is 2.67 bits per heavy atom. The summed E-state index contributed by atoms with van der Waals surface area (Å²) in [7, 11) is 1.99. The summed E-state index contributed by atoms with van der Waals surface area (Å²) >= 11 is 0. The highest BCUT2D eigenvalue weighted by Gasteiger charge is 2.11. The summed E-state index contributed by atoms with van der Waals surface area (Å²) in [6.07, 6.45) is 3.87. The monoisotopic (exact) mass is 168 g/mol. The molecular weight excluding hydrogens is 148 g/mol. The first kappa shape index (κ1) is 9.75. The molecule has 12 heavy (non-hydrogen) atoms. The molecule has 1 fully saturated rings. The van der Waals surface area contributed by atoms with E-state index in [1.54, 1.807) is 0 Å². The average Bonchev–Trinajstić information content (AvgIpc) is 2.53. The molecular formula is C10H20N2. The van der Waals surface area contributed by atoms with Crippen molar-refractivity contribution in [1.82, 2.24) is 10.2 Å². The largest absolute Gasteiger partial charge is 0.319 e. The normalized spacial score (nSPS) is 18.4. The van der Waals surface area contributed by atoms with Gasteiger partial charge in [-0.05, 0) is 45.9 Å². The van der Waals surface area contributed by atoms with Gasteiger partial charge < -0.3 is 5.32 Å². The molecule has 0 aromatic heterocycles. The van der Waals surface area contributed by atoms with Gasteiger partial charge in [-0.1, -0.05) is 12.2 Å². The maximum Gasteiger partial charge on any atom is 0.0190 e. The van der Waals surface area contributed by atoms with Crippen molar-refractivity contribution in [3.8, 4) is 0 Å². The van der Waals surface area contributed by atoms with Crippen molar-refractivity contribution in [1.29, 1.82) is 0 Å². The van der Waals surface area contributed by atoms with Crippen molar-refractivity contribution in [2.75, 3.05) is 33.2 Å². The van der Waals surface area contributed by atoms with Gasteiger partial charge in [0.1, 0.15) is 0 Å². The van der Waals surface area contributed by atoms with Crippen LogP contribution in [0.15, 0.2) is 12.2 Å². The fourth-order valence-corrected chi connectivity index (χ4v) is 1.64. The van der Waals surface area contributed by atoms with Crippen LogP contribution in [0.1, 0.15) is 19.3 Å². The second-order valence-corrected chi connectivity index (χ2v) is 3.59. The molecule has 0 radical (unpaired) electrons. The standard InChI is InChI=1S/C10H20N2/c1-10(5-6-11-2)9-12-7-3-4-8-12/h11H,1,3-9H2,2H3. The molecule has 2 nitrogen and oxygen atoms in total. The van der Waals surface area contributed by atoms with Gasteiger partial charge in [0, 0.05) is 6.54 Å². The van der Waals surface area contributed by atoms with E-state index in [0.29, 0.717) is 0 Å². The molecule has 1 rings (SSSR count). The van der Waals surface area contributed by atoms with Crippen LogP contribution in [0.4, 0.5) is 0 Å². The minimum absolute atomic E-state index is 1.06. The molecule has 70 valence electrons. The molecule has 1 saturated heterocycles. The van der Waals surface area contributed by atoms with Gasteiger partial charge in [-0.3, -0.25) is 4.90 Å². The van der Waals surface area contributed by atoms with Gasteiger partial charge in [0.05, 0.1) is 0 Å². The lowest BCUT2D eigenvalue weighted by Crippen LogP contribution is -2.22. The van der Waals surface area contributed by atoms with Crippen LogP contribution in [0.25, 0.3) is 0 Å². The first-order chi connectivity index (χ1) is 5.83. The van der Waals surface area contributed by atoms with Crippen LogP contribution < -0.4 is 5.32 Å². The number of likely N-dealkylation sites (tertiary alicyclic amines) is 1. The van der Waals surface area contributed by atoms with Crippen molar-refractivity contribution < 1.29 is 0 Å².